The fourth-order valence-electron chi connectivity index (χ4n) is 2.70. The number of hydrogen-bond donors (Lipinski definition) is 1. The Morgan fingerprint density at radius 3 is 2.80 bits per heavy atom. The highest BCUT2D eigenvalue weighted by Crippen LogP contribution is 2.35. The van der Waals surface area contributed by atoms with Crippen molar-refractivity contribution in [2.24, 2.45) is 11.7 Å². The van der Waals surface area contributed by atoms with Gasteiger partial charge in [0.05, 0.1) is 12.2 Å². The van der Waals surface area contributed by atoms with Crippen molar-refractivity contribution in [3.63, 3.8) is 0 Å². The molecule has 20 heavy (non-hydrogen) atoms. The smallest absolute Gasteiger partial charge is 0.143 e. The monoisotopic (exact) mass is 276 g/mol. The highest BCUT2D eigenvalue weighted by molar-refractivity contribution is 5.61. The third-order valence-corrected chi connectivity index (χ3v) is 4.09. The molecule has 1 aromatic carbocycles. The summed E-state index contributed by atoms with van der Waals surface area (Å²) in [5, 5.41) is 0. The van der Waals surface area contributed by atoms with Gasteiger partial charge in [0.25, 0.3) is 0 Å². The lowest BCUT2D eigenvalue weighted by Crippen LogP contribution is -2.42. The summed E-state index contributed by atoms with van der Waals surface area (Å²) in [6.07, 6.45) is 3.66. The number of aryl methyl sites for hydroxylation is 1. The number of ether oxygens (including phenoxy) is 1. The van der Waals surface area contributed by atoms with E-state index in [-0.39, 0.29) is 0 Å². The minimum atomic E-state index is 0.297. The second-order valence-corrected chi connectivity index (χ2v) is 5.99. The van der Waals surface area contributed by atoms with Gasteiger partial charge in [0, 0.05) is 6.54 Å². The van der Waals surface area contributed by atoms with Gasteiger partial charge in [0.1, 0.15) is 11.9 Å². The van der Waals surface area contributed by atoms with E-state index < -0.39 is 0 Å². The molecule has 3 nitrogen and oxygen atoms in total. The van der Waals surface area contributed by atoms with Crippen LogP contribution >= 0.6 is 0 Å². The molecule has 1 atom stereocenters. The van der Waals surface area contributed by atoms with Crippen LogP contribution in [-0.4, -0.2) is 25.7 Å². The molecule has 1 aromatic rings. The molecule has 0 aliphatic carbocycles. The Labute approximate surface area is 123 Å². The van der Waals surface area contributed by atoms with Crippen molar-refractivity contribution >= 4 is 5.69 Å². The number of anilines is 1. The number of nitrogens with zero attached hydrogens (tertiary/aromatic N) is 1. The van der Waals surface area contributed by atoms with Gasteiger partial charge in [-0.15, -0.1) is 0 Å². The number of likely N-dealkylation sites (N-methyl/N-ethyl adjacent to an activating group) is 1. The maximum Gasteiger partial charge on any atom is 0.143 e. The van der Waals surface area contributed by atoms with Crippen molar-refractivity contribution in [3.05, 3.63) is 23.8 Å². The van der Waals surface area contributed by atoms with Crippen molar-refractivity contribution in [2.75, 3.05) is 24.5 Å². The minimum absolute atomic E-state index is 0.297. The zero-order chi connectivity index (χ0) is 14.5. The lowest BCUT2D eigenvalue weighted by Gasteiger charge is -2.37. The predicted molar refractivity (Wildman–Crippen MR) is 85.6 cm³/mol. The molecule has 1 heterocycles. The molecule has 3 heteroatoms. The lowest BCUT2D eigenvalue weighted by atomic mass is 10.0. The molecule has 0 saturated heterocycles. The Morgan fingerprint density at radius 2 is 2.15 bits per heavy atom. The molecule has 0 bridgehead atoms. The van der Waals surface area contributed by atoms with Gasteiger partial charge >= 0.3 is 0 Å². The van der Waals surface area contributed by atoms with E-state index >= 15 is 0 Å². The third kappa shape index (κ3) is 3.45. The van der Waals surface area contributed by atoms with Crippen LogP contribution in [0.25, 0.3) is 0 Å². The number of rotatable bonds is 6. The summed E-state index contributed by atoms with van der Waals surface area (Å²) in [5.41, 5.74) is 8.21. The van der Waals surface area contributed by atoms with E-state index in [4.69, 9.17) is 10.5 Å². The molecule has 0 amide bonds. The molecule has 0 fully saturated rings. The summed E-state index contributed by atoms with van der Waals surface area (Å²) >= 11 is 0. The molecule has 2 rings (SSSR count). The summed E-state index contributed by atoms with van der Waals surface area (Å²) in [4.78, 5) is 2.44. The Kier molecular flexibility index (Phi) is 5.30. The van der Waals surface area contributed by atoms with E-state index in [1.165, 1.54) is 11.3 Å². The van der Waals surface area contributed by atoms with E-state index in [9.17, 15) is 0 Å². The van der Waals surface area contributed by atoms with Gasteiger partial charge in [-0.1, -0.05) is 19.9 Å². The van der Waals surface area contributed by atoms with E-state index in [1.54, 1.807) is 0 Å². The van der Waals surface area contributed by atoms with Crippen molar-refractivity contribution < 1.29 is 4.74 Å². The second-order valence-electron chi connectivity index (χ2n) is 5.99. The fourth-order valence-corrected chi connectivity index (χ4v) is 2.70. The Balaban J connectivity index is 2.15. The van der Waals surface area contributed by atoms with Gasteiger partial charge in [-0.25, -0.2) is 0 Å². The number of benzene rings is 1. The van der Waals surface area contributed by atoms with Crippen LogP contribution in [0.4, 0.5) is 5.69 Å². The molecule has 1 unspecified atom stereocenters. The Hall–Kier alpha value is -1.22. The Bertz CT molecular complexity index is 431. The molecule has 0 spiro atoms. The predicted octanol–water partition coefficient (Wildman–Crippen LogP) is 3.21. The van der Waals surface area contributed by atoms with Crippen LogP contribution in [0.3, 0.4) is 0 Å². The first-order chi connectivity index (χ1) is 9.65. The van der Waals surface area contributed by atoms with Crippen LogP contribution in [-0.2, 0) is 6.42 Å². The number of fused-ring (bicyclic) bond motifs is 1. The van der Waals surface area contributed by atoms with Gasteiger partial charge < -0.3 is 15.4 Å². The summed E-state index contributed by atoms with van der Waals surface area (Å²) in [6.45, 7) is 9.48. The highest BCUT2D eigenvalue weighted by atomic mass is 16.5. The topological polar surface area (TPSA) is 38.5 Å². The number of hydrogen-bond acceptors (Lipinski definition) is 3. The van der Waals surface area contributed by atoms with E-state index in [1.807, 2.05) is 0 Å². The van der Waals surface area contributed by atoms with Crippen molar-refractivity contribution in [1.29, 1.82) is 0 Å². The summed E-state index contributed by atoms with van der Waals surface area (Å²) in [5.74, 6) is 1.58. The van der Waals surface area contributed by atoms with Crippen LogP contribution in [0, 0.1) is 5.92 Å². The molecule has 1 aliphatic heterocycles. The van der Waals surface area contributed by atoms with Crippen LogP contribution in [0.2, 0.25) is 0 Å². The van der Waals surface area contributed by atoms with Gasteiger partial charge in [-0.2, -0.15) is 0 Å². The molecule has 2 N–H and O–H groups in total. The summed E-state index contributed by atoms with van der Waals surface area (Å²) in [7, 11) is 0. The van der Waals surface area contributed by atoms with Crippen molar-refractivity contribution in [3.8, 4) is 5.75 Å². The standard InChI is InChI=1S/C17H28N2O/c1-4-19-12-17(13(2)3)20-16-9-8-14(11-15(16)19)7-5-6-10-18/h8-9,11,13,17H,4-7,10,12,18H2,1-3H3. The first-order valence-corrected chi connectivity index (χ1v) is 7.90. The molecule has 0 radical (unpaired) electrons. The maximum atomic E-state index is 6.14. The first kappa shape index (κ1) is 15.2. The van der Waals surface area contributed by atoms with Gasteiger partial charge in [-0.3, -0.25) is 0 Å². The number of nitrogens with two attached hydrogens (primary N) is 1. The van der Waals surface area contributed by atoms with E-state index in [2.05, 4.69) is 43.9 Å². The SMILES string of the molecule is CCN1CC(C(C)C)Oc2ccc(CCCCN)cc21. The fraction of sp³-hybridized carbons (Fsp3) is 0.647. The molecular weight excluding hydrogens is 248 g/mol. The quantitative estimate of drug-likeness (QED) is 0.811. The van der Waals surface area contributed by atoms with Crippen LogP contribution in [0.1, 0.15) is 39.2 Å². The zero-order valence-corrected chi connectivity index (χ0v) is 13.1. The first-order valence-electron chi connectivity index (χ1n) is 7.90. The van der Waals surface area contributed by atoms with Crippen LogP contribution in [0.15, 0.2) is 18.2 Å². The molecule has 1 aliphatic rings. The second kappa shape index (κ2) is 6.98. The zero-order valence-electron chi connectivity index (χ0n) is 13.1. The highest BCUT2D eigenvalue weighted by Gasteiger charge is 2.26. The number of unbranched alkanes of at least 4 members (excludes halogenated alkanes) is 1. The molecule has 0 aromatic heterocycles. The van der Waals surface area contributed by atoms with Gasteiger partial charge in [0.15, 0.2) is 0 Å². The van der Waals surface area contributed by atoms with Gasteiger partial charge in [0.2, 0.25) is 0 Å². The van der Waals surface area contributed by atoms with E-state index in [0.717, 1.165) is 44.6 Å². The normalized spacial score (nSPS) is 18.1. The molecule has 112 valence electrons. The minimum Gasteiger partial charge on any atom is -0.486 e. The average molecular weight is 276 g/mol. The van der Waals surface area contributed by atoms with Crippen LogP contribution < -0.4 is 15.4 Å². The van der Waals surface area contributed by atoms with Crippen molar-refractivity contribution in [2.45, 2.75) is 46.1 Å². The Morgan fingerprint density at radius 1 is 1.35 bits per heavy atom. The summed E-state index contributed by atoms with van der Waals surface area (Å²) < 4.78 is 6.14. The third-order valence-electron chi connectivity index (χ3n) is 4.09. The largest absolute Gasteiger partial charge is 0.486 e. The van der Waals surface area contributed by atoms with Gasteiger partial charge in [-0.05, 0) is 56.3 Å². The van der Waals surface area contributed by atoms with Crippen LogP contribution in [0.5, 0.6) is 5.75 Å². The van der Waals surface area contributed by atoms with E-state index in [0.29, 0.717) is 12.0 Å². The maximum absolute atomic E-state index is 6.14. The molecule has 0 saturated carbocycles. The average Bonchev–Trinajstić information content (AvgIpc) is 2.46. The lowest BCUT2D eigenvalue weighted by molar-refractivity contribution is 0.146. The summed E-state index contributed by atoms with van der Waals surface area (Å²) in [6, 6.07) is 6.64. The molecular formula is C17H28N2O. The van der Waals surface area contributed by atoms with Crippen molar-refractivity contribution in [1.82, 2.24) is 0 Å².